The summed E-state index contributed by atoms with van der Waals surface area (Å²) in [5.41, 5.74) is 3.42. The Morgan fingerprint density at radius 3 is 2.46 bits per heavy atom. The molecule has 0 spiro atoms. The van der Waals surface area contributed by atoms with Gasteiger partial charge in [-0.1, -0.05) is 36.4 Å². The van der Waals surface area contributed by atoms with E-state index in [1.54, 1.807) is 24.3 Å². The fourth-order valence-corrected chi connectivity index (χ4v) is 3.03. The third kappa shape index (κ3) is 3.04. The van der Waals surface area contributed by atoms with Crippen LogP contribution in [-0.2, 0) is 29.3 Å². The highest BCUT2D eigenvalue weighted by atomic mass is 16.7. The maximum absolute atomic E-state index is 12.6. The van der Waals surface area contributed by atoms with E-state index in [4.69, 9.17) is 4.84 Å². The molecule has 0 atom stereocenters. The summed E-state index contributed by atoms with van der Waals surface area (Å²) < 4.78 is 0. The highest BCUT2D eigenvalue weighted by Crippen LogP contribution is 2.21. The molecule has 2 aromatic rings. The van der Waals surface area contributed by atoms with Crippen LogP contribution in [0.4, 0.5) is 4.79 Å². The minimum absolute atomic E-state index is 0.0309. The molecular weight excluding hydrogens is 334 g/mol. The molecule has 2 heterocycles. The van der Waals surface area contributed by atoms with Crippen LogP contribution in [0.3, 0.4) is 0 Å². The van der Waals surface area contributed by atoms with Gasteiger partial charge in [0, 0.05) is 5.56 Å². The third-order valence-electron chi connectivity index (χ3n) is 4.51. The van der Waals surface area contributed by atoms with Gasteiger partial charge in [0.2, 0.25) is 5.91 Å². The van der Waals surface area contributed by atoms with E-state index in [0.717, 1.165) is 21.6 Å². The number of hydrogen-bond donors (Lipinski definition) is 1. The monoisotopic (exact) mass is 351 g/mol. The normalized spacial score (nSPS) is 16.5. The second-order valence-corrected chi connectivity index (χ2v) is 6.22. The fourth-order valence-electron chi connectivity index (χ4n) is 3.03. The van der Waals surface area contributed by atoms with Gasteiger partial charge in [0.05, 0.1) is 19.6 Å². The number of fused-ring (bicyclic) bond motifs is 1. The molecule has 0 unspecified atom stereocenters. The molecule has 26 heavy (non-hydrogen) atoms. The van der Waals surface area contributed by atoms with Crippen LogP contribution in [0, 0.1) is 0 Å². The highest BCUT2D eigenvalue weighted by molar-refractivity contribution is 6.01. The van der Waals surface area contributed by atoms with E-state index in [9.17, 15) is 14.4 Å². The van der Waals surface area contributed by atoms with Gasteiger partial charge in [0.1, 0.15) is 6.61 Å². The molecular formula is C19H17N3O4. The van der Waals surface area contributed by atoms with E-state index in [-0.39, 0.29) is 24.9 Å². The summed E-state index contributed by atoms with van der Waals surface area (Å²) in [6.45, 7) is 0.987. The number of hydroxylamine groups is 2. The summed E-state index contributed by atoms with van der Waals surface area (Å²) in [6.07, 6.45) is 0. The number of carbonyl (C=O) groups excluding carboxylic acids is 3. The van der Waals surface area contributed by atoms with E-state index in [0.29, 0.717) is 18.7 Å². The molecule has 2 aliphatic heterocycles. The number of nitrogens with one attached hydrogen (secondary N) is 1. The van der Waals surface area contributed by atoms with Gasteiger partial charge in [-0.15, -0.1) is 0 Å². The molecule has 132 valence electrons. The van der Waals surface area contributed by atoms with Crippen molar-refractivity contribution in [3.8, 4) is 0 Å². The molecule has 2 aromatic carbocycles. The molecule has 1 saturated heterocycles. The Kier molecular flexibility index (Phi) is 4.14. The maximum Gasteiger partial charge on any atom is 0.324 e. The Morgan fingerprint density at radius 1 is 1.04 bits per heavy atom. The number of rotatable bonds is 3. The van der Waals surface area contributed by atoms with Gasteiger partial charge in [-0.3, -0.25) is 19.3 Å². The van der Waals surface area contributed by atoms with E-state index >= 15 is 0 Å². The van der Waals surface area contributed by atoms with Crippen molar-refractivity contribution in [3.63, 3.8) is 0 Å². The quantitative estimate of drug-likeness (QED) is 0.856. The lowest BCUT2D eigenvalue weighted by Gasteiger charge is -2.28. The SMILES string of the molecule is O=C(c1ccc(CN2C(=O)CNC2=O)cc1)N1Cc2ccccc2CO1. The summed E-state index contributed by atoms with van der Waals surface area (Å²) >= 11 is 0. The zero-order valence-electron chi connectivity index (χ0n) is 14.0. The minimum Gasteiger partial charge on any atom is -0.329 e. The summed E-state index contributed by atoms with van der Waals surface area (Å²) in [6, 6.07) is 14.3. The molecule has 1 fully saturated rings. The van der Waals surface area contributed by atoms with Crippen molar-refractivity contribution in [2.45, 2.75) is 19.7 Å². The molecule has 4 rings (SSSR count). The molecule has 0 bridgehead atoms. The van der Waals surface area contributed by atoms with Crippen LogP contribution in [0.25, 0.3) is 0 Å². The summed E-state index contributed by atoms with van der Waals surface area (Å²) in [7, 11) is 0. The van der Waals surface area contributed by atoms with Gasteiger partial charge in [0.25, 0.3) is 5.91 Å². The number of nitrogens with zero attached hydrogens (tertiary/aromatic N) is 2. The number of carbonyl (C=O) groups is 3. The second kappa shape index (κ2) is 6.61. The van der Waals surface area contributed by atoms with Crippen LogP contribution in [0.5, 0.6) is 0 Å². The second-order valence-electron chi connectivity index (χ2n) is 6.22. The molecule has 7 heteroatoms. The number of hydrogen-bond acceptors (Lipinski definition) is 4. The minimum atomic E-state index is -0.393. The molecule has 7 nitrogen and oxygen atoms in total. The molecule has 0 aliphatic carbocycles. The van der Waals surface area contributed by atoms with Gasteiger partial charge in [-0.2, -0.15) is 0 Å². The van der Waals surface area contributed by atoms with Crippen molar-refractivity contribution < 1.29 is 19.2 Å². The largest absolute Gasteiger partial charge is 0.329 e. The maximum atomic E-state index is 12.6. The first-order chi connectivity index (χ1) is 12.6. The van der Waals surface area contributed by atoms with Crippen LogP contribution in [0.2, 0.25) is 0 Å². The number of imide groups is 1. The number of amides is 4. The molecule has 1 N–H and O–H groups in total. The van der Waals surface area contributed by atoms with Gasteiger partial charge in [-0.05, 0) is 28.8 Å². The summed E-state index contributed by atoms with van der Waals surface area (Å²) in [5, 5.41) is 3.84. The van der Waals surface area contributed by atoms with Crippen LogP contribution >= 0.6 is 0 Å². The Balaban J connectivity index is 1.44. The summed E-state index contributed by atoms with van der Waals surface area (Å²) in [4.78, 5) is 42.6. The molecule has 2 aliphatic rings. The first kappa shape index (κ1) is 16.3. The van der Waals surface area contributed by atoms with E-state index in [1.165, 1.54) is 5.06 Å². The molecule has 0 saturated carbocycles. The smallest absolute Gasteiger partial charge is 0.324 e. The van der Waals surface area contributed by atoms with Gasteiger partial charge in [-0.25, -0.2) is 9.86 Å². The number of urea groups is 1. The van der Waals surface area contributed by atoms with E-state index in [2.05, 4.69) is 5.32 Å². The van der Waals surface area contributed by atoms with E-state index in [1.807, 2.05) is 24.3 Å². The zero-order valence-corrected chi connectivity index (χ0v) is 14.0. The lowest BCUT2D eigenvalue weighted by molar-refractivity contribution is -0.149. The predicted molar refractivity (Wildman–Crippen MR) is 91.5 cm³/mol. The first-order valence-electron chi connectivity index (χ1n) is 8.30. The Bertz CT molecular complexity index is 863. The average molecular weight is 351 g/mol. The van der Waals surface area contributed by atoms with Crippen molar-refractivity contribution in [2.24, 2.45) is 0 Å². The lowest BCUT2D eigenvalue weighted by Crippen LogP contribution is -2.34. The van der Waals surface area contributed by atoms with Crippen molar-refractivity contribution >= 4 is 17.8 Å². The van der Waals surface area contributed by atoms with Crippen molar-refractivity contribution in [3.05, 3.63) is 70.8 Å². The van der Waals surface area contributed by atoms with Crippen molar-refractivity contribution in [1.82, 2.24) is 15.3 Å². The topological polar surface area (TPSA) is 79.0 Å². The van der Waals surface area contributed by atoms with Gasteiger partial charge in [0.15, 0.2) is 0 Å². The Labute approximate surface area is 150 Å². The summed E-state index contributed by atoms with van der Waals surface area (Å²) in [5.74, 6) is -0.475. The van der Waals surface area contributed by atoms with Crippen LogP contribution in [0.15, 0.2) is 48.5 Å². The fraction of sp³-hybridized carbons (Fsp3) is 0.211. The van der Waals surface area contributed by atoms with Crippen LogP contribution < -0.4 is 5.32 Å². The van der Waals surface area contributed by atoms with Crippen LogP contribution in [0.1, 0.15) is 27.0 Å². The Hall–Kier alpha value is -3.19. The highest BCUT2D eigenvalue weighted by Gasteiger charge is 2.28. The third-order valence-corrected chi connectivity index (χ3v) is 4.51. The molecule has 4 amide bonds. The molecule has 0 aromatic heterocycles. The average Bonchev–Trinajstić information content (AvgIpc) is 2.99. The van der Waals surface area contributed by atoms with Gasteiger partial charge >= 0.3 is 6.03 Å². The standard InChI is InChI=1S/C19H17N3O4/c23-17-9-20-19(25)21(17)10-13-5-7-14(8-6-13)18(24)22-11-15-3-1-2-4-16(15)12-26-22/h1-8H,9-12H2,(H,20,25). The van der Waals surface area contributed by atoms with Crippen LogP contribution in [-0.4, -0.2) is 34.4 Å². The van der Waals surface area contributed by atoms with Gasteiger partial charge < -0.3 is 5.32 Å². The first-order valence-corrected chi connectivity index (χ1v) is 8.30. The van der Waals surface area contributed by atoms with Crippen molar-refractivity contribution in [2.75, 3.05) is 6.54 Å². The lowest BCUT2D eigenvalue weighted by atomic mass is 10.1. The van der Waals surface area contributed by atoms with E-state index < -0.39 is 6.03 Å². The Morgan fingerprint density at radius 2 is 1.77 bits per heavy atom. The van der Waals surface area contributed by atoms with Crippen molar-refractivity contribution in [1.29, 1.82) is 0 Å². The molecule has 0 radical (unpaired) electrons. The number of benzene rings is 2. The predicted octanol–water partition coefficient (Wildman–Crippen LogP) is 1.83. The zero-order chi connectivity index (χ0) is 18.1.